The fraction of sp³-hybridized carbons (Fsp3) is 0.480. The molecule has 0 radical (unpaired) electrons. The van der Waals surface area contributed by atoms with Crippen molar-refractivity contribution in [2.75, 3.05) is 0 Å². The number of hydrogen-bond donors (Lipinski definition) is 1. The lowest BCUT2D eigenvalue weighted by Gasteiger charge is -2.34. The highest BCUT2D eigenvalue weighted by Gasteiger charge is 2.28. The molecule has 1 N–H and O–H groups in total. The number of carbonyl (C=O) groups is 1. The van der Waals surface area contributed by atoms with Gasteiger partial charge in [0.15, 0.2) is 0 Å². The molecule has 3 atom stereocenters. The summed E-state index contributed by atoms with van der Waals surface area (Å²) >= 11 is 0. The van der Waals surface area contributed by atoms with Crippen LogP contribution in [0.5, 0.6) is 0 Å². The molecule has 2 aromatic heterocycles. The first kappa shape index (κ1) is 22.2. The molecule has 1 saturated carbocycles. The van der Waals surface area contributed by atoms with E-state index >= 15 is 0 Å². The Morgan fingerprint density at radius 1 is 1.19 bits per heavy atom. The van der Waals surface area contributed by atoms with E-state index in [1.807, 2.05) is 18.4 Å². The largest absolute Gasteiger partial charge is 0.351 e. The summed E-state index contributed by atoms with van der Waals surface area (Å²) < 4.78 is 17.4. The van der Waals surface area contributed by atoms with Crippen LogP contribution in [0, 0.1) is 31.5 Å². The van der Waals surface area contributed by atoms with E-state index in [0.29, 0.717) is 29.3 Å². The first-order chi connectivity index (χ1) is 15.3. The molecule has 3 aromatic rings. The summed E-state index contributed by atoms with van der Waals surface area (Å²) in [6, 6.07) is 6.77. The van der Waals surface area contributed by atoms with Crippen molar-refractivity contribution in [3.8, 4) is 0 Å². The molecule has 3 unspecified atom stereocenters. The average Bonchev–Trinajstić information content (AvgIpc) is 3.00. The van der Waals surface area contributed by atoms with Crippen LogP contribution in [0.1, 0.15) is 50.1 Å². The minimum Gasteiger partial charge on any atom is -0.351 e. The molecule has 0 bridgehead atoms. The molecule has 0 aliphatic heterocycles. The van der Waals surface area contributed by atoms with Crippen molar-refractivity contribution in [1.29, 1.82) is 0 Å². The van der Waals surface area contributed by atoms with Gasteiger partial charge in [0.1, 0.15) is 12.4 Å². The van der Waals surface area contributed by atoms with E-state index in [4.69, 9.17) is 0 Å². The zero-order valence-corrected chi connectivity index (χ0v) is 19.2. The van der Waals surface area contributed by atoms with Gasteiger partial charge in [-0.15, -0.1) is 0 Å². The molecule has 32 heavy (non-hydrogen) atoms. The Morgan fingerprint density at radius 2 is 1.94 bits per heavy atom. The first-order valence-electron chi connectivity index (χ1n) is 11.4. The Labute approximate surface area is 187 Å². The molecule has 0 spiro atoms. The Kier molecular flexibility index (Phi) is 6.17. The lowest BCUT2D eigenvalue weighted by atomic mass is 9.78. The molecular formula is C25H31FN4O2. The van der Waals surface area contributed by atoms with Gasteiger partial charge in [-0.25, -0.2) is 9.07 Å². The van der Waals surface area contributed by atoms with Crippen LogP contribution in [0.15, 0.2) is 35.3 Å². The van der Waals surface area contributed by atoms with Gasteiger partial charge in [-0.05, 0) is 38.2 Å². The maximum atomic E-state index is 14.2. The minimum atomic E-state index is -0.296. The van der Waals surface area contributed by atoms with Crippen LogP contribution in [0.4, 0.5) is 4.39 Å². The number of halogens is 1. The van der Waals surface area contributed by atoms with Gasteiger partial charge in [0.2, 0.25) is 5.91 Å². The summed E-state index contributed by atoms with van der Waals surface area (Å²) in [6.07, 6.45) is 4.90. The number of aromatic nitrogens is 3. The molecule has 6 nitrogen and oxygen atoms in total. The molecule has 2 heterocycles. The highest BCUT2D eigenvalue weighted by molar-refractivity contribution is 5.87. The summed E-state index contributed by atoms with van der Waals surface area (Å²) in [7, 11) is 0. The van der Waals surface area contributed by atoms with Crippen LogP contribution in [0.3, 0.4) is 0 Å². The molecule has 1 amide bonds. The predicted octanol–water partition coefficient (Wildman–Crippen LogP) is 3.94. The molecule has 7 heteroatoms. The quantitative estimate of drug-likeness (QED) is 0.656. The predicted molar refractivity (Wildman–Crippen MR) is 123 cm³/mol. The fourth-order valence-electron chi connectivity index (χ4n) is 4.97. The zero-order valence-electron chi connectivity index (χ0n) is 19.2. The third-order valence-electron chi connectivity index (χ3n) is 7.24. The highest BCUT2D eigenvalue weighted by atomic mass is 19.1. The Bertz CT molecular complexity index is 1210. The van der Waals surface area contributed by atoms with Crippen molar-refractivity contribution < 1.29 is 9.18 Å². The second-order valence-electron chi connectivity index (χ2n) is 9.19. The number of carbonyl (C=O) groups excluding carboxylic acids is 1. The van der Waals surface area contributed by atoms with Crippen LogP contribution in [-0.2, 0) is 17.9 Å². The van der Waals surface area contributed by atoms with E-state index in [9.17, 15) is 14.0 Å². The number of benzene rings is 1. The summed E-state index contributed by atoms with van der Waals surface area (Å²) in [5.41, 5.74) is 1.86. The van der Waals surface area contributed by atoms with Gasteiger partial charge in [-0.3, -0.25) is 9.59 Å². The number of nitrogens with one attached hydrogen (secondary N) is 1. The summed E-state index contributed by atoms with van der Waals surface area (Å²) in [6.45, 7) is 8.38. The molecular weight excluding hydrogens is 407 g/mol. The maximum absolute atomic E-state index is 14.2. The molecule has 1 aliphatic rings. The molecule has 4 rings (SSSR count). The molecule has 170 valence electrons. The van der Waals surface area contributed by atoms with Gasteiger partial charge in [-0.2, -0.15) is 5.10 Å². The van der Waals surface area contributed by atoms with E-state index < -0.39 is 0 Å². The van der Waals surface area contributed by atoms with Gasteiger partial charge < -0.3 is 9.88 Å². The van der Waals surface area contributed by atoms with Crippen LogP contribution in [0.2, 0.25) is 0 Å². The van der Waals surface area contributed by atoms with Crippen LogP contribution < -0.4 is 10.9 Å². The molecule has 1 fully saturated rings. The van der Waals surface area contributed by atoms with Crippen molar-refractivity contribution in [2.24, 2.45) is 11.8 Å². The Hall–Kier alpha value is -2.96. The summed E-state index contributed by atoms with van der Waals surface area (Å²) in [4.78, 5) is 25.9. The van der Waals surface area contributed by atoms with Gasteiger partial charge >= 0.3 is 0 Å². The number of amides is 1. The number of rotatable bonds is 5. The third kappa shape index (κ3) is 4.08. The van der Waals surface area contributed by atoms with Crippen molar-refractivity contribution in [3.63, 3.8) is 0 Å². The standard InChI is InChI=1S/C25H31FN4O2/c1-15-8-7-11-22(16(15)2)28-23(31)14-30-25(32)24-18(4)29(17(3)20(24)12-27-30)13-19-9-5-6-10-21(19)26/h5-6,9-10,12,15-16,22H,7-8,11,13-14H2,1-4H3,(H,28,31). The van der Waals surface area contributed by atoms with E-state index in [-0.39, 0.29) is 29.9 Å². The molecule has 1 aromatic carbocycles. The minimum absolute atomic E-state index is 0.108. The van der Waals surface area contributed by atoms with Gasteiger partial charge in [0.25, 0.3) is 5.56 Å². The number of nitrogens with zero attached hydrogens (tertiary/aromatic N) is 3. The zero-order chi connectivity index (χ0) is 23.0. The van der Waals surface area contributed by atoms with E-state index in [1.165, 1.54) is 17.2 Å². The van der Waals surface area contributed by atoms with Gasteiger partial charge in [0.05, 0.1) is 18.1 Å². The maximum Gasteiger partial charge on any atom is 0.276 e. The monoisotopic (exact) mass is 438 g/mol. The lowest BCUT2D eigenvalue weighted by Crippen LogP contribution is -2.45. The van der Waals surface area contributed by atoms with Crippen LogP contribution in [-0.4, -0.2) is 26.3 Å². The molecule has 1 aliphatic carbocycles. The summed E-state index contributed by atoms with van der Waals surface area (Å²) in [5, 5.41) is 8.64. The number of hydrogen-bond acceptors (Lipinski definition) is 3. The van der Waals surface area contributed by atoms with E-state index in [2.05, 4.69) is 24.3 Å². The van der Waals surface area contributed by atoms with Crippen molar-refractivity contribution >= 4 is 16.7 Å². The summed E-state index contributed by atoms with van der Waals surface area (Å²) in [5.74, 6) is 0.524. The number of fused-ring (bicyclic) bond motifs is 1. The number of aryl methyl sites for hydroxylation is 2. The van der Waals surface area contributed by atoms with Crippen LogP contribution >= 0.6 is 0 Å². The topological polar surface area (TPSA) is 68.9 Å². The van der Waals surface area contributed by atoms with E-state index in [0.717, 1.165) is 29.6 Å². The average molecular weight is 439 g/mol. The highest BCUT2D eigenvalue weighted by Crippen LogP contribution is 2.29. The second-order valence-corrected chi connectivity index (χ2v) is 9.19. The Balaban J connectivity index is 1.60. The second kappa shape index (κ2) is 8.88. The van der Waals surface area contributed by atoms with Crippen molar-refractivity contribution in [3.05, 3.63) is 63.6 Å². The Morgan fingerprint density at radius 3 is 2.69 bits per heavy atom. The first-order valence-corrected chi connectivity index (χ1v) is 11.4. The van der Waals surface area contributed by atoms with E-state index in [1.54, 1.807) is 24.4 Å². The van der Waals surface area contributed by atoms with Gasteiger partial charge in [-0.1, -0.05) is 44.9 Å². The SMILES string of the molecule is Cc1c2cnn(CC(=O)NC3CCCC(C)C3C)c(=O)c2c(C)n1Cc1ccccc1F. The van der Waals surface area contributed by atoms with Crippen molar-refractivity contribution in [1.82, 2.24) is 19.7 Å². The van der Waals surface area contributed by atoms with Crippen LogP contribution in [0.25, 0.3) is 10.8 Å². The lowest BCUT2D eigenvalue weighted by molar-refractivity contribution is -0.123. The molecule has 0 saturated heterocycles. The van der Waals surface area contributed by atoms with Gasteiger partial charge in [0, 0.05) is 28.4 Å². The third-order valence-corrected chi connectivity index (χ3v) is 7.24. The van der Waals surface area contributed by atoms with Crippen molar-refractivity contribution in [2.45, 2.75) is 66.1 Å². The normalized spacial score (nSPS) is 21.1. The fourth-order valence-corrected chi connectivity index (χ4v) is 4.97. The smallest absolute Gasteiger partial charge is 0.276 e.